The summed E-state index contributed by atoms with van der Waals surface area (Å²) in [5.41, 5.74) is 1.13. The number of methoxy groups -OCH3 is 1. The van der Waals surface area contributed by atoms with Crippen LogP contribution in [0.15, 0.2) is 41.8 Å². The Balaban J connectivity index is 2.06. The summed E-state index contributed by atoms with van der Waals surface area (Å²) in [6.45, 7) is 3.34. The molecule has 1 aromatic heterocycles. The smallest absolute Gasteiger partial charge is 0.340 e. The molecule has 0 unspecified atom stereocenters. The standard InChI is InChI=1S/C21H24N2O5S/c1-4-22-20(25)14(2)23-19(24)13-28-21(26)17(18-6-5-11-29-18)12-15-7-9-16(27-3)10-8-15/h5-12,14H,4,13H2,1-3H3,(H,22,25)(H,23,24)/b17-12+/t14-/m0/s1. The molecule has 0 aliphatic rings. The van der Waals surface area contributed by atoms with Gasteiger partial charge in [-0.2, -0.15) is 0 Å². The van der Waals surface area contributed by atoms with E-state index in [1.807, 2.05) is 23.6 Å². The molecule has 0 aliphatic carbocycles. The van der Waals surface area contributed by atoms with Crippen LogP contribution in [0.5, 0.6) is 5.75 Å². The first kappa shape index (κ1) is 22.2. The van der Waals surface area contributed by atoms with Crippen molar-refractivity contribution in [3.8, 4) is 5.75 Å². The van der Waals surface area contributed by atoms with Gasteiger partial charge in [0.2, 0.25) is 5.91 Å². The molecular formula is C21H24N2O5S. The Morgan fingerprint density at radius 3 is 2.48 bits per heavy atom. The zero-order valence-corrected chi connectivity index (χ0v) is 17.4. The fourth-order valence-corrected chi connectivity index (χ4v) is 3.14. The maximum Gasteiger partial charge on any atom is 0.340 e. The van der Waals surface area contributed by atoms with E-state index < -0.39 is 24.5 Å². The van der Waals surface area contributed by atoms with Gasteiger partial charge in [0.15, 0.2) is 6.61 Å². The number of benzene rings is 1. The van der Waals surface area contributed by atoms with Gasteiger partial charge in [-0.15, -0.1) is 11.3 Å². The third-order valence-electron chi connectivity index (χ3n) is 3.89. The average molecular weight is 416 g/mol. The van der Waals surface area contributed by atoms with Gasteiger partial charge >= 0.3 is 5.97 Å². The van der Waals surface area contributed by atoms with Crippen LogP contribution in [0.25, 0.3) is 11.6 Å². The SMILES string of the molecule is CCNC(=O)[C@H](C)NC(=O)COC(=O)/C(=C/c1ccc(OC)cc1)c1cccs1. The summed E-state index contributed by atoms with van der Waals surface area (Å²) in [6, 6.07) is 10.1. The van der Waals surface area contributed by atoms with E-state index in [0.29, 0.717) is 17.9 Å². The minimum atomic E-state index is -0.715. The van der Waals surface area contributed by atoms with Gasteiger partial charge in [0.25, 0.3) is 5.91 Å². The molecule has 2 amide bonds. The lowest BCUT2D eigenvalue weighted by molar-refractivity contribution is -0.143. The Morgan fingerprint density at radius 1 is 1.17 bits per heavy atom. The highest BCUT2D eigenvalue weighted by Crippen LogP contribution is 2.25. The molecule has 7 nitrogen and oxygen atoms in total. The number of esters is 1. The zero-order chi connectivity index (χ0) is 21.2. The van der Waals surface area contributed by atoms with Crippen molar-refractivity contribution >= 4 is 40.8 Å². The summed E-state index contributed by atoms with van der Waals surface area (Å²) < 4.78 is 10.3. The van der Waals surface area contributed by atoms with Gasteiger partial charge in [0.1, 0.15) is 11.8 Å². The van der Waals surface area contributed by atoms with Crippen LogP contribution < -0.4 is 15.4 Å². The molecule has 1 aromatic carbocycles. The van der Waals surface area contributed by atoms with Crippen LogP contribution in [0.4, 0.5) is 0 Å². The lowest BCUT2D eigenvalue weighted by atomic mass is 10.1. The number of nitrogens with one attached hydrogen (secondary N) is 2. The topological polar surface area (TPSA) is 93.7 Å². The Labute approximate surface area is 173 Å². The molecule has 0 fully saturated rings. The molecule has 0 saturated heterocycles. The Morgan fingerprint density at radius 2 is 1.90 bits per heavy atom. The number of amides is 2. The number of hydrogen-bond donors (Lipinski definition) is 2. The predicted molar refractivity (Wildman–Crippen MR) is 112 cm³/mol. The summed E-state index contributed by atoms with van der Waals surface area (Å²) in [6.07, 6.45) is 1.70. The first-order chi connectivity index (χ1) is 13.9. The first-order valence-corrected chi connectivity index (χ1v) is 9.96. The highest BCUT2D eigenvalue weighted by molar-refractivity contribution is 7.11. The molecule has 0 bridgehead atoms. The van der Waals surface area contributed by atoms with E-state index in [-0.39, 0.29) is 5.91 Å². The van der Waals surface area contributed by atoms with Gasteiger partial charge in [-0.25, -0.2) is 4.79 Å². The van der Waals surface area contributed by atoms with Crippen molar-refractivity contribution in [3.63, 3.8) is 0 Å². The van der Waals surface area contributed by atoms with Gasteiger partial charge in [-0.3, -0.25) is 9.59 Å². The number of hydrogen-bond acceptors (Lipinski definition) is 6. The second-order valence-corrected chi connectivity index (χ2v) is 7.02. The van der Waals surface area contributed by atoms with Crippen molar-refractivity contribution in [2.45, 2.75) is 19.9 Å². The fourth-order valence-electron chi connectivity index (χ4n) is 2.41. The Hall–Kier alpha value is -3.13. The van der Waals surface area contributed by atoms with Crippen molar-refractivity contribution in [2.24, 2.45) is 0 Å². The van der Waals surface area contributed by atoms with Crippen LogP contribution in [0, 0.1) is 0 Å². The number of likely N-dealkylation sites (N-methyl/N-ethyl adjacent to an activating group) is 1. The second kappa shape index (κ2) is 11.0. The molecule has 2 rings (SSSR count). The number of carbonyl (C=O) groups is 3. The molecule has 0 saturated carbocycles. The van der Waals surface area contributed by atoms with E-state index in [9.17, 15) is 14.4 Å². The largest absolute Gasteiger partial charge is 0.497 e. The quantitative estimate of drug-likeness (QED) is 0.484. The summed E-state index contributed by atoms with van der Waals surface area (Å²) in [5, 5.41) is 6.96. The van der Waals surface area contributed by atoms with Crippen molar-refractivity contribution in [2.75, 3.05) is 20.3 Å². The van der Waals surface area contributed by atoms with Crippen LogP contribution in [0.2, 0.25) is 0 Å². The third kappa shape index (κ3) is 6.76. The molecule has 2 N–H and O–H groups in total. The van der Waals surface area contributed by atoms with E-state index >= 15 is 0 Å². The maximum absolute atomic E-state index is 12.6. The molecule has 2 aromatic rings. The van der Waals surface area contributed by atoms with Crippen molar-refractivity contribution in [3.05, 3.63) is 52.2 Å². The van der Waals surface area contributed by atoms with Gasteiger partial charge in [0.05, 0.1) is 12.7 Å². The molecule has 0 spiro atoms. The Bertz CT molecular complexity index is 860. The molecule has 1 heterocycles. The highest BCUT2D eigenvalue weighted by Gasteiger charge is 2.19. The zero-order valence-electron chi connectivity index (χ0n) is 16.6. The monoisotopic (exact) mass is 416 g/mol. The van der Waals surface area contributed by atoms with E-state index in [0.717, 1.165) is 10.4 Å². The average Bonchev–Trinajstić information content (AvgIpc) is 3.25. The van der Waals surface area contributed by atoms with Crippen molar-refractivity contribution in [1.29, 1.82) is 0 Å². The number of thiophene rings is 1. The molecule has 0 aliphatic heterocycles. The van der Waals surface area contributed by atoms with Crippen LogP contribution >= 0.6 is 11.3 Å². The molecule has 154 valence electrons. The molecule has 29 heavy (non-hydrogen) atoms. The van der Waals surface area contributed by atoms with Gasteiger partial charge in [-0.1, -0.05) is 18.2 Å². The lowest BCUT2D eigenvalue weighted by Crippen LogP contribution is -2.46. The van der Waals surface area contributed by atoms with E-state index in [2.05, 4.69) is 10.6 Å². The minimum absolute atomic E-state index is 0.300. The third-order valence-corrected chi connectivity index (χ3v) is 4.79. The van der Waals surface area contributed by atoms with E-state index in [1.54, 1.807) is 45.2 Å². The predicted octanol–water partition coefficient (Wildman–Crippen LogP) is 2.48. The minimum Gasteiger partial charge on any atom is -0.497 e. The van der Waals surface area contributed by atoms with E-state index in [4.69, 9.17) is 9.47 Å². The number of rotatable bonds is 9. The number of ether oxygens (including phenoxy) is 2. The Kier molecular flexibility index (Phi) is 8.42. The van der Waals surface area contributed by atoms with Gasteiger partial charge in [-0.05, 0) is 49.1 Å². The highest BCUT2D eigenvalue weighted by atomic mass is 32.1. The number of carbonyl (C=O) groups excluding carboxylic acids is 3. The van der Waals surface area contributed by atoms with Gasteiger partial charge < -0.3 is 20.1 Å². The summed E-state index contributed by atoms with van der Waals surface area (Å²) >= 11 is 1.39. The lowest BCUT2D eigenvalue weighted by Gasteiger charge is -2.13. The molecule has 8 heteroatoms. The fraction of sp³-hybridized carbons (Fsp3) is 0.286. The summed E-state index contributed by atoms with van der Waals surface area (Å²) in [5.74, 6) is -0.762. The molecular weight excluding hydrogens is 392 g/mol. The van der Waals surface area contributed by atoms with Crippen molar-refractivity contribution in [1.82, 2.24) is 10.6 Å². The van der Waals surface area contributed by atoms with Crippen LogP contribution in [-0.2, 0) is 19.1 Å². The van der Waals surface area contributed by atoms with Crippen LogP contribution in [0.3, 0.4) is 0 Å². The van der Waals surface area contributed by atoms with Crippen molar-refractivity contribution < 1.29 is 23.9 Å². The summed E-state index contributed by atoms with van der Waals surface area (Å²) in [4.78, 5) is 37.0. The van der Waals surface area contributed by atoms with Crippen LogP contribution in [-0.4, -0.2) is 44.1 Å². The molecule has 1 atom stereocenters. The summed E-state index contributed by atoms with van der Waals surface area (Å²) in [7, 11) is 1.58. The van der Waals surface area contributed by atoms with E-state index in [1.165, 1.54) is 11.3 Å². The van der Waals surface area contributed by atoms with Gasteiger partial charge in [0, 0.05) is 11.4 Å². The second-order valence-electron chi connectivity index (χ2n) is 6.07. The maximum atomic E-state index is 12.6. The first-order valence-electron chi connectivity index (χ1n) is 9.08. The normalized spacial score (nSPS) is 12.0. The molecule has 0 radical (unpaired) electrons. The van der Waals surface area contributed by atoms with Crippen LogP contribution in [0.1, 0.15) is 24.3 Å².